The Bertz CT molecular complexity index is 665. The van der Waals surface area contributed by atoms with Gasteiger partial charge in [0.1, 0.15) is 4.88 Å². The van der Waals surface area contributed by atoms with Crippen LogP contribution in [0, 0.1) is 5.92 Å². The van der Waals surface area contributed by atoms with E-state index in [1.54, 1.807) is 0 Å². The van der Waals surface area contributed by atoms with Gasteiger partial charge < -0.3 is 15.8 Å². The van der Waals surface area contributed by atoms with Crippen molar-refractivity contribution in [2.45, 2.75) is 12.8 Å². The standard InChI is InChI=1S/C15H17BrN2O2S/c16-10-2-1-3-11-12(10)13(17)14(21-11)15(19)18-8-9-4-6-20-7-5-9/h1-3,9H,4-8,17H2,(H,18,19). The first-order valence-corrected chi connectivity index (χ1v) is 8.60. The molecule has 1 aromatic heterocycles. The van der Waals surface area contributed by atoms with Crippen molar-refractivity contribution >= 4 is 48.9 Å². The molecule has 3 rings (SSSR count). The number of nitrogens with two attached hydrogens (primary N) is 1. The van der Waals surface area contributed by atoms with Crippen LogP contribution < -0.4 is 11.1 Å². The Morgan fingerprint density at radius 3 is 2.90 bits per heavy atom. The molecule has 2 aromatic rings. The van der Waals surface area contributed by atoms with Gasteiger partial charge >= 0.3 is 0 Å². The maximum Gasteiger partial charge on any atom is 0.263 e. The van der Waals surface area contributed by atoms with Gasteiger partial charge in [0, 0.05) is 34.3 Å². The SMILES string of the molecule is Nc1c(C(=O)NCC2CCOCC2)sc2cccc(Br)c12. The van der Waals surface area contributed by atoms with Crippen LogP contribution in [0.4, 0.5) is 5.69 Å². The molecular formula is C15H17BrN2O2S. The van der Waals surface area contributed by atoms with Crippen LogP contribution in [0.25, 0.3) is 10.1 Å². The average Bonchev–Trinajstić information content (AvgIpc) is 2.84. The maximum absolute atomic E-state index is 12.4. The summed E-state index contributed by atoms with van der Waals surface area (Å²) in [5.74, 6) is 0.428. The predicted octanol–water partition coefficient (Wildman–Crippen LogP) is 3.40. The highest BCUT2D eigenvalue weighted by Crippen LogP contribution is 2.38. The quantitative estimate of drug-likeness (QED) is 0.872. The summed E-state index contributed by atoms with van der Waals surface area (Å²) in [6.07, 6.45) is 2.02. The summed E-state index contributed by atoms with van der Waals surface area (Å²) in [5.41, 5.74) is 6.71. The van der Waals surface area contributed by atoms with Crippen LogP contribution in [0.3, 0.4) is 0 Å². The summed E-state index contributed by atoms with van der Waals surface area (Å²) in [6, 6.07) is 5.87. The third-order valence-electron chi connectivity index (χ3n) is 3.80. The van der Waals surface area contributed by atoms with E-state index in [1.807, 2.05) is 18.2 Å². The topological polar surface area (TPSA) is 64.4 Å². The van der Waals surface area contributed by atoms with Crippen molar-refractivity contribution in [1.29, 1.82) is 0 Å². The first-order valence-electron chi connectivity index (χ1n) is 6.99. The smallest absolute Gasteiger partial charge is 0.263 e. The molecule has 2 heterocycles. The van der Waals surface area contributed by atoms with E-state index in [9.17, 15) is 4.79 Å². The van der Waals surface area contributed by atoms with E-state index in [2.05, 4.69) is 21.2 Å². The zero-order chi connectivity index (χ0) is 14.8. The fraction of sp³-hybridized carbons (Fsp3) is 0.400. The van der Waals surface area contributed by atoms with Gasteiger partial charge in [-0.1, -0.05) is 22.0 Å². The van der Waals surface area contributed by atoms with Crippen molar-refractivity contribution in [2.75, 3.05) is 25.5 Å². The van der Waals surface area contributed by atoms with Crippen molar-refractivity contribution < 1.29 is 9.53 Å². The van der Waals surface area contributed by atoms with Crippen molar-refractivity contribution in [3.63, 3.8) is 0 Å². The largest absolute Gasteiger partial charge is 0.397 e. The van der Waals surface area contributed by atoms with Gasteiger partial charge in [-0.05, 0) is 30.9 Å². The molecule has 0 spiro atoms. The Kier molecular flexibility index (Phi) is 4.47. The molecule has 0 aliphatic carbocycles. The molecule has 0 atom stereocenters. The zero-order valence-electron chi connectivity index (χ0n) is 11.5. The summed E-state index contributed by atoms with van der Waals surface area (Å²) in [7, 11) is 0. The lowest BCUT2D eigenvalue weighted by molar-refractivity contribution is 0.0643. The summed E-state index contributed by atoms with van der Waals surface area (Å²) in [4.78, 5) is 13.0. The van der Waals surface area contributed by atoms with Gasteiger partial charge in [0.05, 0.1) is 5.69 Å². The van der Waals surface area contributed by atoms with E-state index in [0.717, 1.165) is 40.6 Å². The van der Waals surface area contributed by atoms with Crippen molar-refractivity contribution in [3.05, 3.63) is 27.5 Å². The fourth-order valence-corrected chi connectivity index (χ4v) is 4.34. The number of amides is 1. The van der Waals surface area contributed by atoms with Crippen LogP contribution >= 0.6 is 27.3 Å². The second-order valence-electron chi connectivity index (χ2n) is 5.22. The Morgan fingerprint density at radius 2 is 2.19 bits per heavy atom. The third-order valence-corrected chi connectivity index (χ3v) is 5.63. The predicted molar refractivity (Wildman–Crippen MR) is 89.8 cm³/mol. The van der Waals surface area contributed by atoms with Crippen molar-refractivity contribution in [2.24, 2.45) is 5.92 Å². The minimum absolute atomic E-state index is 0.0768. The number of nitrogens with one attached hydrogen (secondary N) is 1. The molecule has 1 aliphatic rings. The Labute approximate surface area is 135 Å². The highest BCUT2D eigenvalue weighted by molar-refractivity contribution is 9.10. The van der Waals surface area contributed by atoms with Gasteiger partial charge in [0.25, 0.3) is 5.91 Å². The number of ether oxygens (including phenoxy) is 1. The number of carbonyl (C=O) groups excluding carboxylic acids is 1. The van der Waals surface area contributed by atoms with Gasteiger partial charge in [-0.25, -0.2) is 0 Å². The summed E-state index contributed by atoms with van der Waals surface area (Å²) in [6.45, 7) is 2.27. The lowest BCUT2D eigenvalue weighted by Gasteiger charge is -2.22. The highest BCUT2D eigenvalue weighted by atomic mass is 79.9. The van der Waals surface area contributed by atoms with E-state index in [0.29, 0.717) is 23.0 Å². The van der Waals surface area contributed by atoms with Crippen molar-refractivity contribution in [3.8, 4) is 0 Å². The maximum atomic E-state index is 12.4. The van der Waals surface area contributed by atoms with Gasteiger partial charge in [0.2, 0.25) is 0 Å². The number of anilines is 1. The minimum Gasteiger partial charge on any atom is -0.397 e. The number of hydrogen-bond donors (Lipinski definition) is 2. The molecule has 4 nitrogen and oxygen atoms in total. The fourth-order valence-electron chi connectivity index (χ4n) is 2.57. The molecule has 1 amide bonds. The van der Waals surface area contributed by atoms with E-state index in [-0.39, 0.29) is 5.91 Å². The van der Waals surface area contributed by atoms with E-state index in [4.69, 9.17) is 10.5 Å². The molecule has 1 aromatic carbocycles. The Morgan fingerprint density at radius 1 is 1.43 bits per heavy atom. The van der Waals surface area contributed by atoms with Crippen LogP contribution in [0.2, 0.25) is 0 Å². The van der Waals surface area contributed by atoms with Crippen LogP contribution in [-0.4, -0.2) is 25.7 Å². The number of fused-ring (bicyclic) bond motifs is 1. The van der Waals surface area contributed by atoms with Crippen molar-refractivity contribution in [1.82, 2.24) is 5.32 Å². The molecule has 21 heavy (non-hydrogen) atoms. The molecule has 0 saturated carbocycles. The third kappa shape index (κ3) is 3.07. The van der Waals surface area contributed by atoms with Crippen LogP contribution in [0.5, 0.6) is 0 Å². The van der Waals surface area contributed by atoms with E-state index < -0.39 is 0 Å². The lowest BCUT2D eigenvalue weighted by atomic mass is 10.0. The minimum atomic E-state index is -0.0768. The average molecular weight is 369 g/mol. The van der Waals surface area contributed by atoms with Crippen LogP contribution in [0.1, 0.15) is 22.5 Å². The molecule has 0 unspecified atom stereocenters. The second-order valence-corrected chi connectivity index (χ2v) is 7.13. The number of benzene rings is 1. The molecule has 6 heteroatoms. The molecule has 112 valence electrons. The van der Waals surface area contributed by atoms with Gasteiger partial charge in [-0.15, -0.1) is 11.3 Å². The monoisotopic (exact) mass is 368 g/mol. The van der Waals surface area contributed by atoms with E-state index >= 15 is 0 Å². The summed E-state index contributed by atoms with van der Waals surface area (Å²) in [5, 5.41) is 3.94. The molecule has 1 fully saturated rings. The number of carbonyl (C=O) groups is 1. The number of nitrogen functional groups attached to an aromatic ring is 1. The van der Waals surface area contributed by atoms with E-state index in [1.165, 1.54) is 11.3 Å². The number of thiophene rings is 1. The second kappa shape index (κ2) is 6.34. The first-order chi connectivity index (χ1) is 10.2. The Hall–Kier alpha value is -1.11. The molecular weight excluding hydrogens is 352 g/mol. The summed E-state index contributed by atoms with van der Waals surface area (Å²) >= 11 is 4.93. The highest BCUT2D eigenvalue weighted by Gasteiger charge is 2.20. The first kappa shape index (κ1) is 14.8. The number of halogens is 1. The summed E-state index contributed by atoms with van der Waals surface area (Å²) < 4.78 is 7.28. The van der Waals surface area contributed by atoms with Crippen LogP contribution in [0.15, 0.2) is 22.7 Å². The number of rotatable bonds is 3. The number of hydrogen-bond acceptors (Lipinski definition) is 4. The lowest BCUT2D eigenvalue weighted by Crippen LogP contribution is -2.32. The van der Waals surface area contributed by atoms with Gasteiger partial charge in [0.15, 0.2) is 0 Å². The molecule has 1 saturated heterocycles. The Balaban J connectivity index is 1.75. The van der Waals surface area contributed by atoms with Gasteiger partial charge in [-0.3, -0.25) is 4.79 Å². The van der Waals surface area contributed by atoms with Gasteiger partial charge in [-0.2, -0.15) is 0 Å². The molecule has 0 bridgehead atoms. The molecule has 0 radical (unpaired) electrons. The molecule has 1 aliphatic heterocycles. The van der Waals surface area contributed by atoms with Crippen LogP contribution in [-0.2, 0) is 4.74 Å². The zero-order valence-corrected chi connectivity index (χ0v) is 13.9. The molecule has 3 N–H and O–H groups in total. The normalized spacial score (nSPS) is 16.2.